The Kier molecular flexibility index (Phi) is 20.7. The second-order valence-corrected chi connectivity index (χ2v) is 10.8. The number of rotatable bonds is 19. The zero-order valence-corrected chi connectivity index (χ0v) is 24.8. The molecule has 0 bridgehead atoms. The largest absolute Gasteiger partial charge is 0.465 e. The number of nitrogens with zero attached hydrogens (tertiary/aromatic N) is 1. The second kappa shape index (κ2) is 21.9. The summed E-state index contributed by atoms with van der Waals surface area (Å²) in [6, 6.07) is 10.1. The number of benzene rings is 1. The van der Waals surface area contributed by atoms with Gasteiger partial charge in [0.15, 0.2) is 0 Å². The lowest BCUT2D eigenvalue weighted by molar-refractivity contribution is -0.871. The molecule has 37 heavy (non-hydrogen) atoms. The van der Waals surface area contributed by atoms with Crippen molar-refractivity contribution < 1.29 is 23.5 Å². The van der Waals surface area contributed by atoms with Crippen LogP contribution in [0.3, 0.4) is 0 Å². The highest BCUT2D eigenvalue weighted by Crippen LogP contribution is 2.06. The molecule has 0 aromatic heterocycles. The fraction of sp³-hybridized carbons (Fsp3) is 0.733. The third-order valence-electron chi connectivity index (χ3n) is 5.44. The smallest absolute Gasteiger partial charge is 0.315 e. The maximum atomic E-state index is 12.3. The van der Waals surface area contributed by atoms with Crippen molar-refractivity contribution in [1.82, 2.24) is 10.6 Å². The Morgan fingerprint density at radius 3 is 2.14 bits per heavy atom. The zero-order valence-electron chi connectivity index (χ0n) is 24.8. The van der Waals surface area contributed by atoms with Gasteiger partial charge in [0.2, 0.25) is 0 Å². The first-order chi connectivity index (χ1) is 17.7. The van der Waals surface area contributed by atoms with E-state index in [1.165, 1.54) is 5.56 Å². The Morgan fingerprint density at radius 1 is 0.892 bits per heavy atom. The molecule has 2 N–H and O–H groups in total. The van der Waals surface area contributed by atoms with Gasteiger partial charge in [-0.05, 0) is 43.6 Å². The molecule has 0 fully saturated rings. The van der Waals surface area contributed by atoms with Crippen LogP contribution in [0.25, 0.3) is 0 Å². The van der Waals surface area contributed by atoms with Gasteiger partial charge < -0.3 is 24.6 Å². The normalized spacial score (nSPS) is 11.9. The quantitative estimate of drug-likeness (QED) is 0.141. The number of hydrogen-bond acceptors (Lipinski definition) is 4. The minimum Gasteiger partial charge on any atom is -0.465 e. The number of esters is 1. The predicted molar refractivity (Wildman–Crippen MR) is 154 cm³/mol. The Bertz CT molecular complexity index is 690. The van der Waals surface area contributed by atoms with Crippen LogP contribution in [0.2, 0.25) is 0 Å². The summed E-state index contributed by atoms with van der Waals surface area (Å²) in [4.78, 5) is 24.5. The third kappa shape index (κ3) is 22.8. The predicted octanol–water partition coefficient (Wildman–Crippen LogP) is 5.58. The minimum absolute atomic E-state index is 0.182. The molecule has 1 rings (SSSR count). The van der Waals surface area contributed by atoms with Crippen LogP contribution < -0.4 is 10.6 Å². The van der Waals surface area contributed by atoms with Crippen LogP contribution in [0.4, 0.5) is 4.79 Å². The lowest BCUT2D eigenvalue weighted by Gasteiger charge is -2.29. The summed E-state index contributed by atoms with van der Waals surface area (Å²) in [7, 11) is 6.13. The van der Waals surface area contributed by atoms with Crippen LogP contribution in [0.15, 0.2) is 30.3 Å². The number of carbonyl (C=O) groups is 2. The van der Waals surface area contributed by atoms with Crippen LogP contribution >= 0.6 is 0 Å². The molecule has 0 heterocycles. The van der Waals surface area contributed by atoms with Crippen LogP contribution in [0.1, 0.15) is 78.2 Å². The van der Waals surface area contributed by atoms with Gasteiger partial charge in [-0.15, -0.1) is 0 Å². The topological polar surface area (TPSA) is 76.7 Å². The van der Waals surface area contributed by atoms with Gasteiger partial charge in [0.25, 0.3) is 0 Å². The van der Waals surface area contributed by atoms with E-state index in [9.17, 15) is 9.59 Å². The summed E-state index contributed by atoms with van der Waals surface area (Å²) < 4.78 is 11.7. The number of unbranched alkanes of at least 4 members (excludes halogenated alkanes) is 4. The number of nitrogens with one attached hydrogen (secondary N) is 2. The Labute approximate surface area is 227 Å². The molecule has 1 aromatic rings. The molecule has 0 saturated carbocycles. The molecule has 1 aromatic carbocycles. The highest BCUT2D eigenvalue weighted by molar-refractivity contribution is 5.76. The lowest BCUT2D eigenvalue weighted by Crippen LogP contribution is -2.52. The molecule has 0 aliphatic carbocycles. The monoisotopic (exact) mass is 522 g/mol. The van der Waals surface area contributed by atoms with Gasteiger partial charge >= 0.3 is 12.0 Å². The molecule has 7 nitrogen and oxygen atoms in total. The van der Waals surface area contributed by atoms with Crippen molar-refractivity contribution in [2.24, 2.45) is 5.92 Å². The number of carbonyl (C=O) groups excluding carboxylic acids is 2. The van der Waals surface area contributed by atoms with Crippen molar-refractivity contribution in [2.45, 2.75) is 85.1 Å². The molecule has 214 valence electrons. The van der Waals surface area contributed by atoms with Crippen molar-refractivity contribution in [3.63, 3.8) is 0 Å². The molecule has 0 aliphatic rings. The Balaban J connectivity index is 0.00000631. The molecule has 1 atom stereocenters. The van der Waals surface area contributed by atoms with E-state index in [1.807, 2.05) is 48.8 Å². The summed E-state index contributed by atoms with van der Waals surface area (Å²) in [5.74, 6) is 0.0272. The average Bonchev–Trinajstić information content (AvgIpc) is 2.84. The molecule has 0 unspecified atom stereocenters. The summed E-state index contributed by atoms with van der Waals surface area (Å²) in [5.41, 5.74) is 1.39. The molecule has 0 radical (unpaired) electrons. The summed E-state index contributed by atoms with van der Waals surface area (Å²) >= 11 is 0. The number of quaternary nitrogens is 1. The minimum atomic E-state index is -0.268. The first-order valence-electron chi connectivity index (χ1n) is 14.3. The van der Waals surface area contributed by atoms with Crippen molar-refractivity contribution in [2.75, 3.05) is 54.1 Å². The van der Waals surface area contributed by atoms with E-state index >= 15 is 0 Å². The van der Waals surface area contributed by atoms with Crippen LogP contribution in [0, 0.1) is 5.92 Å². The van der Waals surface area contributed by atoms with Gasteiger partial charge in [-0.1, -0.05) is 70.9 Å². The number of ether oxygens (including phenoxy) is 2. The lowest BCUT2D eigenvalue weighted by atomic mass is 10.1. The van der Waals surface area contributed by atoms with E-state index in [1.54, 1.807) is 0 Å². The number of hydrogen-bond donors (Lipinski definition) is 2. The molecule has 0 aliphatic heterocycles. The molecular formula is C30H56N3O4+. The zero-order chi connectivity index (χ0) is 27.9. The van der Waals surface area contributed by atoms with Gasteiger partial charge in [-0.25, -0.2) is 4.79 Å². The van der Waals surface area contributed by atoms with Gasteiger partial charge in [0, 0.05) is 19.8 Å². The van der Waals surface area contributed by atoms with Gasteiger partial charge in [-0.2, -0.15) is 0 Å². The van der Waals surface area contributed by atoms with E-state index in [0.29, 0.717) is 30.1 Å². The standard InChI is InChI=1S/C28H49N3O4.C2H6/c1-24(2)23-35-27(32)21-26(22-31(3,4)5)30-28(33)29-18-12-6-7-13-19-34-20-14-11-17-25-15-9-8-10-16-25;1-2/h8-10,15-16,24,26H,6-7,11-14,17-23H2,1-5H3,(H-,29,30,33);1-2H3/p+1/t26-;/m1./s1. The number of urea groups is 1. The maximum Gasteiger partial charge on any atom is 0.315 e. The van der Waals surface area contributed by atoms with E-state index in [4.69, 9.17) is 9.47 Å². The maximum absolute atomic E-state index is 12.3. The van der Waals surface area contributed by atoms with Gasteiger partial charge in [0.1, 0.15) is 0 Å². The highest BCUT2D eigenvalue weighted by atomic mass is 16.5. The molecule has 0 spiro atoms. The third-order valence-corrected chi connectivity index (χ3v) is 5.44. The second-order valence-electron chi connectivity index (χ2n) is 10.8. The summed E-state index contributed by atoms with van der Waals surface area (Å²) in [5, 5.41) is 5.87. The number of aryl methyl sites for hydroxylation is 1. The Morgan fingerprint density at radius 2 is 1.51 bits per heavy atom. The van der Waals surface area contributed by atoms with Gasteiger partial charge in [-0.3, -0.25) is 4.79 Å². The SMILES string of the molecule is CC.CC(C)COC(=O)C[C@H](C[N+](C)(C)C)NC(=O)NCCCCCCOCCCCc1ccccc1. The van der Waals surface area contributed by atoms with Crippen LogP contribution in [-0.4, -0.2) is 76.6 Å². The Hall–Kier alpha value is -2.12. The van der Waals surface area contributed by atoms with Crippen molar-refractivity contribution in [3.05, 3.63) is 35.9 Å². The van der Waals surface area contributed by atoms with Gasteiger partial charge in [0.05, 0.1) is 46.8 Å². The van der Waals surface area contributed by atoms with Crippen molar-refractivity contribution in [1.29, 1.82) is 0 Å². The van der Waals surface area contributed by atoms with E-state index in [-0.39, 0.29) is 24.5 Å². The fourth-order valence-electron chi connectivity index (χ4n) is 3.74. The molecule has 0 saturated heterocycles. The summed E-state index contributed by atoms with van der Waals surface area (Å²) in [6.07, 6.45) is 7.69. The first-order valence-corrected chi connectivity index (χ1v) is 14.3. The van der Waals surface area contributed by atoms with Crippen molar-refractivity contribution in [3.8, 4) is 0 Å². The van der Waals surface area contributed by atoms with E-state index in [2.05, 4.69) is 41.0 Å². The van der Waals surface area contributed by atoms with E-state index in [0.717, 1.165) is 58.2 Å². The molecular weight excluding hydrogens is 466 g/mol. The average molecular weight is 523 g/mol. The van der Waals surface area contributed by atoms with Crippen LogP contribution in [-0.2, 0) is 20.7 Å². The van der Waals surface area contributed by atoms with Crippen LogP contribution in [0.5, 0.6) is 0 Å². The van der Waals surface area contributed by atoms with E-state index < -0.39 is 0 Å². The number of amides is 2. The highest BCUT2D eigenvalue weighted by Gasteiger charge is 2.23. The molecule has 7 heteroatoms. The van der Waals surface area contributed by atoms with Crippen molar-refractivity contribution >= 4 is 12.0 Å². The molecule has 2 amide bonds. The number of likely N-dealkylation sites (N-methyl/N-ethyl adjacent to an activating group) is 1. The fourth-order valence-corrected chi connectivity index (χ4v) is 3.74. The summed E-state index contributed by atoms with van der Waals surface area (Å²) in [6.45, 7) is 11.3. The first kappa shape index (κ1) is 34.9.